The highest BCUT2D eigenvalue weighted by Gasteiger charge is 2.08. The average molecular weight is 288 g/mol. The molecule has 0 spiro atoms. The van der Waals surface area contributed by atoms with Gasteiger partial charge in [-0.2, -0.15) is 4.80 Å². The molecule has 0 aliphatic carbocycles. The lowest BCUT2D eigenvalue weighted by atomic mass is 10.1. The van der Waals surface area contributed by atoms with E-state index in [9.17, 15) is 4.79 Å². The first-order valence-electron chi connectivity index (χ1n) is 7.00. The number of aryl methyl sites for hydroxylation is 1. The Morgan fingerprint density at radius 1 is 1.29 bits per heavy atom. The van der Waals surface area contributed by atoms with Gasteiger partial charge in [-0.1, -0.05) is 29.8 Å². The molecular weight excluding hydrogens is 268 g/mol. The number of amides is 1. The number of rotatable bonds is 7. The van der Waals surface area contributed by atoms with Crippen LogP contribution in [0.5, 0.6) is 0 Å². The number of nitrogens with one attached hydrogen (secondary N) is 1. The van der Waals surface area contributed by atoms with Crippen molar-refractivity contribution in [3.63, 3.8) is 0 Å². The Bertz CT molecular complexity index is 577. The fourth-order valence-corrected chi connectivity index (χ4v) is 1.81. The highest BCUT2D eigenvalue weighted by Crippen LogP contribution is 2.13. The van der Waals surface area contributed by atoms with Gasteiger partial charge in [0.15, 0.2) is 0 Å². The van der Waals surface area contributed by atoms with Gasteiger partial charge in [0.25, 0.3) is 0 Å². The Balaban J connectivity index is 1.88. The van der Waals surface area contributed by atoms with Crippen LogP contribution in [-0.4, -0.2) is 39.2 Å². The fraction of sp³-hybridized carbons (Fsp3) is 0.429. The topological polar surface area (TPSA) is 98.7 Å². The molecule has 0 aliphatic rings. The SMILES string of the molecule is Cc1ccc(-c2nnn(CC(=O)NCCCCN)n2)cc1. The number of benzene rings is 1. The highest BCUT2D eigenvalue weighted by atomic mass is 16.2. The van der Waals surface area contributed by atoms with Gasteiger partial charge in [0.05, 0.1) is 0 Å². The fourth-order valence-electron chi connectivity index (χ4n) is 1.81. The van der Waals surface area contributed by atoms with Gasteiger partial charge in [-0.05, 0) is 31.5 Å². The van der Waals surface area contributed by atoms with E-state index in [2.05, 4.69) is 20.7 Å². The van der Waals surface area contributed by atoms with Crippen LogP contribution < -0.4 is 11.1 Å². The Morgan fingerprint density at radius 2 is 2.05 bits per heavy atom. The van der Waals surface area contributed by atoms with Crippen molar-refractivity contribution in [1.82, 2.24) is 25.5 Å². The highest BCUT2D eigenvalue weighted by molar-refractivity contribution is 5.75. The van der Waals surface area contributed by atoms with Crippen LogP contribution >= 0.6 is 0 Å². The van der Waals surface area contributed by atoms with Crippen LogP contribution in [0.3, 0.4) is 0 Å². The van der Waals surface area contributed by atoms with Gasteiger partial charge in [-0.3, -0.25) is 4.79 Å². The zero-order chi connectivity index (χ0) is 15.1. The Hall–Kier alpha value is -2.28. The molecular formula is C14H20N6O. The number of hydrogen-bond donors (Lipinski definition) is 2. The second kappa shape index (κ2) is 7.49. The maximum atomic E-state index is 11.7. The Kier molecular flexibility index (Phi) is 5.39. The monoisotopic (exact) mass is 288 g/mol. The molecule has 7 nitrogen and oxygen atoms in total. The van der Waals surface area contributed by atoms with E-state index in [1.807, 2.05) is 31.2 Å². The summed E-state index contributed by atoms with van der Waals surface area (Å²) in [5, 5.41) is 14.9. The predicted molar refractivity (Wildman–Crippen MR) is 79.3 cm³/mol. The van der Waals surface area contributed by atoms with E-state index in [-0.39, 0.29) is 12.5 Å². The zero-order valence-corrected chi connectivity index (χ0v) is 12.1. The summed E-state index contributed by atoms with van der Waals surface area (Å²) in [4.78, 5) is 13.0. The van der Waals surface area contributed by atoms with E-state index in [1.165, 1.54) is 10.4 Å². The van der Waals surface area contributed by atoms with Crippen LogP contribution in [0.15, 0.2) is 24.3 Å². The third-order valence-corrected chi connectivity index (χ3v) is 3.00. The molecule has 1 amide bonds. The first-order chi connectivity index (χ1) is 10.2. The van der Waals surface area contributed by atoms with Gasteiger partial charge in [0.1, 0.15) is 6.54 Å². The van der Waals surface area contributed by atoms with E-state index in [0.29, 0.717) is 18.9 Å². The third kappa shape index (κ3) is 4.64. The van der Waals surface area contributed by atoms with E-state index < -0.39 is 0 Å². The summed E-state index contributed by atoms with van der Waals surface area (Å²) in [5.41, 5.74) is 7.45. The molecule has 0 unspecified atom stereocenters. The quantitative estimate of drug-likeness (QED) is 0.723. The van der Waals surface area contributed by atoms with Crippen LogP contribution in [0, 0.1) is 6.92 Å². The molecule has 1 aromatic carbocycles. The Morgan fingerprint density at radius 3 is 2.76 bits per heavy atom. The van der Waals surface area contributed by atoms with Crippen molar-refractivity contribution >= 4 is 5.91 Å². The largest absolute Gasteiger partial charge is 0.354 e. The smallest absolute Gasteiger partial charge is 0.243 e. The summed E-state index contributed by atoms with van der Waals surface area (Å²) < 4.78 is 0. The van der Waals surface area contributed by atoms with Crippen LogP contribution in [0.1, 0.15) is 18.4 Å². The number of tetrazole rings is 1. The van der Waals surface area contributed by atoms with Gasteiger partial charge < -0.3 is 11.1 Å². The standard InChI is InChI=1S/C14H20N6O/c1-11-4-6-12(7-5-11)14-17-19-20(18-14)10-13(21)16-9-3-2-8-15/h4-7H,2-3,8-10,15H2,1H3,(H,16,21). The van der Waals surface area contributed by atoms with Crippen molar-refractivity contribution in [2.45, 2.75) is 26.3 Å². The summed E-state index contributed by atoms with van der Waals surface area (Å²) in [6, 6.07) is 7.84. The van der Waals surface area contributed by atoms with E-state index in [0.717, 1.165) is 18.4 Å². The number of carbonyl (C=O) groups excluding carboxylic acids is 1. The molecule has 3 N–H and O–H groups in total. The molecule has 0 radical (unpaired) electrons. The lowest BCUT2D eigenvalue weighted by molar-refractivity contribution is -0.122. The Labute approximate surface area is 123 Å². The third-order valence-electron chi connectivity index (χ3n) is 3.00. The molecule has 1 heterocycles. The number of carbonyl (C=O) groups is 1. The summed E-state index contributed by atoms with van der Waals surface area (Å²) in [6.07, 6.45) is 1.78. The normalized spacial score (nSPS) is 10.6. The number of aromatic nitrogens is 4. The lowest BCUT2D eigenvalue weighted by Crippen LogP contribution is -2.29. The predicted octanol–water partition coefficient (Wildman–Crippen LogP) is 0.504. The average Bonchev–Trinajstić information content (AvgIpc) is 2.93. The molecule has 112 valence electrons. The van der Waals surface area contributed by atoms with Crippen molar-refractivity contribution in [3.05, 3.63) is 29.8 Å². The minimum Gasteiger partial charge on any atom is -0.354 e. The molecule has 21 heavy (non-hydrogen) atoms. The van der Waals surface area contributed by atoms with Crippen LogP contribution in [-0.2, 0) is 11.3 Å². The summed E-state index contributed by atoms with van der Waals surface area (Å²) >= 11 is 0. The molecule has 0 bridgehead atoms. The van der Waals surface area contributed by atoms with Gasteiger partial charge in [0, 0.05) is 12.1 Å². The molecule has 7 heteroatoms. The van der Waals surface area contributed by atoms with Gasteiger partial charge >= 0.3 is 0 Å². The van der Waals surface area contributed by atoms with E-state index in [4.69, 9.17) is 5.73 Å². The van der Waals surface area contributed by atoms with Crippen molar-refractivity contribution in [2.24, 2.45) is 5.73 Å². The molecule has 2 rings (SSSR count). The van der Waals surface area contributed by atoms with Gasteiger partial charge in [0.2, 0.25) is 11.7 Å². The second-order valence-electron chi connectivity index (χ2n) is 4.86. The van der Waals surface area contributed by atoms with Crippen LogP contribution in [0.4, 0.5) is 0 Å². The van der Waals surface area contributed by atoms with Gasteiger partial charge in [-0.15, -0.1) is 10.2 Å². The summed E-state index contributed by atoms with van der Waals surface area (Å²) in [7, 11) is 0. The van der Waals surface area contributed by atoms with Crippen molar-refractivity contribution in [2.75, 3.05) is 13.1 Å². The molecule has 0 atom stereocenters. The zero-order valence-electron chi connectivity index (χ0n) is 12.1. The lowest BCUT2D eigenvalue weighted by Gasteiger charge is -2.03. The van der Waals surface area contributed by atoms with Gasteiger partial charge in [-0.25, -0.2) is 0 Å². The first kappa shape index (κ1) is 15.1. The van der Waals surface area contributed by atoms with E-state index in [1.54, 1.807) is 0 Å². The van der Waals surface area contributed by atoms with Crippen molar-refractivity contribution in [3.8, 4) is 11.4 Å². The molecule has 0 saturated carbocycles. The minimum atomic E-state index is -0.125. The molecule has 2 aromatic rings. The van der Waals surface area contributed by atoms with Crippen molar-refractivity contribution in [1.29, 1.82) is 0 Å². The summed E-state index contributed by atoms with van der Waals surface area (Å²) in [5.74, 6) is 0.394. The maximum absolute atomic E-state index is 11.7. The first-order valence-corrected chi connectivity index (χ1v) is 7.00. The number of nitrogens with two attached hydrogens (primary N) is 1. The van der Waals surface area contributed by atoms with Crippen LogP contribution in [0.25, 0.3) is 11.4 Å². The molecule has 0 aliphatic heterocycles. The number of nitrogens with zero attached hydrogens (tertiary/aromatic N) is 4. The minimum absolute atomic E-state index is 0.0709. The maximum Gasteiger partial charge on any atom is 0.243 e. The second-order valence-corrected chi connectivity index (χ2v) is 4.86. The number of hydrogen-bond acceptors (Lipinski definition) is 5. The van der Waals surface area contributed by atoms with Crippen LogP contribution in [0.2, 0.25) is 0 Å². The molecule has 1 aromatic heterocycles. The summed E-state index contributed by atoms with van der Waals surface area (Å²) in [6.45, 7) is 3.35. The van der Waals surface area contributed by atoms with Crippen molar-refractivity contribution < 1.29 is 4.79 Å². The molecule has 0 saturated heterocycles. The molecule has 0 fully saturated rings. The van der Waals surface area contributed by atoms with E-state index >= 15 is 0 Å². The number of unbranched alkanes of at least 4 members (excludes halogenated alkanes) is 1.